The summed E-state index contributed by atoms with van der Waals surface area (Å²) in [4.78, 5) is 8.42. The second kappa shape index (κ2) is 14.9. The van der Waals surface area contributed by atoms with E-state index in [-0.39, 0.29) is 6.04 Å². The first kappa shape index (κ1) is 36.4. The average molecular weight is 797 g/mol. The monoisotopic (exact) mass is 796 g/mol. The molecule has 4 aromatic rings. The molecule has 7 unspecified atom stereocenters. The number of anilines is 1. The number of aliphatic imine (C=N–C) groups is 1. The van der Waals surface area contributed by atoms with Gasteiger partial charge < -0.3 is 4.90 Å². The molecular formula is C57H52N2S. The van der Waals surface area contributed by atoms with Gasteiger partial charge in [-0.25, -0.2) is 0 Å². The van der Waals surface area contributed by atoms with Gasteiger partial charge in [-0.05, 0) is 126 Å². The second-order valence-electron chi connectivity index (χ2n) is 18.2. The number of thiophene rings is 1. The third-order valence-electron chi connectivity index (χ3n) is 15.0. The second-order valence-corrected chi connectivity index (χ2v) is 19.3. The van der Waals surface area contributed by atoms with Crippen LogP contribution in [0.5, 0.6) is 0 Å². The zero-order valence-electron chi connectivity index (χ0n) is 34.5. The third kappa shape index (κ3) is 6.14. The molecule has 12 rings (SSSR count). The van der Waals surface area contributed by atoms with Crippen molar-refractivity contribution in [3.05, 3.63) is 200 Å². The number of nitrogens with zero attached hydrogens (tertiary/aromatic N) is 2. The van der Waals surface area contributed by atoms with Gasteiger partial charge in [-0.2, -0.15) is 0 Å². The highest BCUT2D eigenvalue weighted by atomic mass is 32.1. The molecule has 3 heteroatoms. The molecule has 2 aliphatic heterocycles. The number of dihydropyridines is 1. The molecule has 0 spiro atoms. The third-order valence-corrected chi connectivity index (χ3v) is 16.2. The van der Waals surface area contributed by atoms with Crippen LogP contribution in [0.1, 0.15) is 75.3 Å². The molecule has 8 aliphatic rings. The maximum atomic E-state index is 5.68. The van der Waals surface area contributed by atoms with E-state index in [0.717, 1.165) is 44.9 Å². The highest BCUT2D eigenvalue weighted by molar-refractivity contribution is 7.17. The summed E-state index contributed by atoms with van der Waals surface area (Å²) < 4.78 is 2.82. The Morgan fingerprint density at radius 2 is 1.62 bits per heavy atom. The lowest BCUT2D eigenvalue weighted by molar-refractivity contribution is 0.325. The Morgan fingerprint density at radius 1 is 0.750 bits per heavy atom. The number of allylic oxidation sites excluding steroid dienone is 15. The predicted molar refractivity (Wildman–Crippen MR) is 255 cm³/mol. The molecule has 296 valence electrons. The maximum absolute atomic E-state index is 5.68. The Balaban J connectivity index is 0.879. The number of hydrogen-bond donors (Lipinski definition) is 0. The Bertz CT molecular complexity index is 2880. The Hall–Kier alpha value is -5.51. The first-order chi connectivity index (χ1) is 29.6. The van der Waals surface area contributed by atoms with Crippen LogP contribution >= 0.6 is 11.3 Å². The predicted octanol–water partition coefficient (Wildman–Crippen LogP) is 12.5. The lowest BCUT2D eigenvalue weighted by atomic mass is 9.71. The van der Waals surface area contributed by atoms with Crippen LogP contribution in [0, 0.1) is 17.8 Å². The average Bonchev–Trinajstić information content (AvgIpc) is 3.82. The van der Waals surface area contributed by atoms with Gasteiger partial charge >= 0.3 is 0 Å². The van der Waals surface area contributed by atoms with Gasteiger partial charge in [0.15, 0.2) is 0 Å². The van der Waals surface area contributed by atoms with Crippen LogP contribution in [0.2, 0.25) is 0 Å². The van der Waals surface area contributed by atoms with Crippen LogP contribution in [0.25, 0.3) is 27.8 Å². The van der Waals surface area contributed by atoms with Crippen LogP contribution < -0.4 is 14.7 Å². The summed E-state index contributed by atoms with van der Waals surface area (Å²) >= 11 is 1.94. The fourth-order valence-electron chi connectivity index (χ4n) is 12.0. The van der Waals surface area contributed by atoms with Crippen LogP contribution in [0.3, 0.4) is 0 Å². The Morgan fingerprint density at radius 3 is 2.53 bits per heavy atom. The van der Waals surface area contributed by atoms with E-state index in [1.54, 1.807) is 16.7 Å². The van der Waals surface area contributed by atoms with Crippen LogP contribution in [0.15, 0.2) is 184 Å². The van der Waals surface area contributed by atoms with Crippen molar-refractivity contribution in [3.8, 4) is 0 Å². The van der Waals surface area contributed by atoms with E-state index in [2.05, 4.69) is 170 Å². The van der Waals surface area contributed by atoms with Crippen molar-refractivity contribution in [2.75, 3.05) is 4.90 Å². The van der Waals surface area contributed by atoms with E-state index in [0.29, 0.717) is 35.8 Å². The Kier molecular flexibility index (Phi) is 9.02. The number of hydrogen-bond acceptors (Lipinski definition) is 3. The smallest absolute Gasteiger partial charge is 0.0649 e. The van der Waals surface area contributed by atoms with Crippen molar-refractivity contribution in [1.82, 2.24) is 0 Å². The van der Waals surface area contributed by atoms with Crippen LogP contribution in [-0.4, -0.2) is 23.8 Å². The van der Waals surface area contributed by atoms with Gasteiger partial charge in [-0.15, -0.1) is 11.3 Å². The molecule has 0 radical (unpaired) electrons. The molecular weight excluding hydrogens is 745 g/mol. The molecule has 7 atom stereocenters. The normalized spacial score (nSPS) is 28.9. The molecule has 0 saturated heterocycles. The summed E-state index contributed by atoms with van der Waals surface area (Å²) in [5, 5.41) is 2.82. The molecule has 60 heavy (non-hydrogen) atoms. The molecule has 0 N–H and O–H groups in total. The minimum absolute atomic E-state index is 0.242. The van der Waals surface area contributed by atoms with Crippen molar-refractivity contribution < 1.29 is 0 Å². The number of benzene rings is 3. The zero-order chi connectivity index (χ0) is 39.7. The van der Waals surface area contributed by atoms with Crippen molar-refractivity contribution in [1.29, 1.82) is 0 Å². The van der Waals surface area contributed by atoms with Crippen molar-refractivity contribution in [2.24, 2.45) is 22.7 Å². The van der Waals surface area contributed by atoms with E-state index in [1.807, 2.05) is 11.3 Å². The molecule has 3 aromatic carbocycles. The highest BCUT2D eigenvalue weighted by Crippen LogP contribution is 2.52. The Labute approximate surface area is 358 Å². The largest absolute Gasteiger partial charge is 0.357 e. The number of rotatable bonds is 5. The number of fused-ring (bicyclic) bond motifs is 8. The molecule has 0 bridgehead atoms. The fraction of sp³-hybridized carbons (Fsp3) is 0.281. The molecule has 2 nitrogen and oxygen atoms in total. The van der Waals surface area contributed by atoms with E-state index in [1.165, 1.54) is 71.1 Å². The van der Waals surface area contributed by atoms with Crippen molar-refractivity contribution in [3.63, 3.8) is 0 Å². The summed E-state index contributed by atoms with van der Waals surface area (Å²) in [6.07, 6.45) is 41.0. The fourth-order valence-corrected chi connectivity index (χ4v) is 13.2. The van der Waals surface area contributed by atoms with Gasteiger partial charge in [0.2, 0.25) is 0 Å². The number of para-hydroxylation sites is 1. The first-order valence-corrected chi connectivity index (χ1v) is 23.4. The van der Waals surface area contributed by atoms with Gasteiger partial charge in [0, 0.05) is 32.1 Å². The molecule has 0 fully saturated rings. The van der Waals surface area contributed by atoms with Gasteiger partial charge in [0.1, 0.15) is 0 Å². The minimum atomic E-state index is 0.242. The highest BCUT2D eigenvalue weighted by Gasteiger charge is 2.43. The first-order valence-electron chi connectivity index (χ1n) is 22.6. The lowest BCUT2D eigenvalue weighted by Gasteiger charge is -2.37. The summed E-state index contributed by atoms with van der Waals surface area (Å²) in [5.74, 6) is 1.64. The molecule has 1 aromatic heterocycles. The molecule has 6 aliphatic carbocycles. The van der Waals surface area contributed by atoms with E-state index in [4.69, 9.17) is 4.99 Å². The topological polar surface area (TPSA) is 15.6 Å². The lowest BCUT2D eigenvalue weighted by Crippen LogP contribution is -2.43. The standard InChI is InChI=1S/C57H52N2S/c1-36-44-27-24-39(40-25-28-55-50(31-40)46-20-10-12-22-54(46)59(55)43-26-29-57-51(35-43)47-21-11-13-23-56(47)60-57)30-49(44)45-19-9-8-18-41(45)32-48(36)53-34-42(37-14-4-2-5-15-37)33-52(58-53)38-16-6-3-7-17-38/h2,4-6,9-17,19-25,27-29,31,33,35-36,43,48-50,53,55H,3,7-8,18,26,30,32,34H2,1H3. The van der Waals surface area contributed by atoms with Gasteiger partial charge in [0.05, 0.1) is 23.8 Å². The van der Waals surface area contributed by atoms with Gasteiger partial charge in [-0.3, -0.25) is 4.99 Å². The van der Waals surface area contributed by atoms with E-state index in [9.17, 15) is 0 Å². The SMILES string of the molecule is CC1C2=CC=C(C3=CC4c5ccccc5N(C5C=c6c(sc7ccccc67)=CC5)C4C=C3)CC2C2=C(CCC=C2)CC1C1CC(c2ccccc2)=CC(C2=CCCC=C2)=N1. The van der Waals surface area contributed by atoms with E-state index >= 15 is 0 Å². The van der Waals surface area contributed by atoms with Crippen molar-refractivity contribution in [2.45, 2.75) is 82.3 Å². The van der Waals surface area contributed by atoms with Crippen LogP contribution in [0.4, 0.5) is 5.69 Å². The van der Waals surface area contributed by atoms with E-state index < -0.39 is 0 Å². The van der Waals surface area contributed by atoms with Gasteiger partial charge in [0.25, 0.3) is 0 Å². The summed E-state index contributed by atoms with van der Waals surface area (Å²) in [7, 11) is 0. The molecule has 0 saturated carbocycles. The van der Waals surface area contributed by atoms with Crippen molar-refractivity contribution >= 4 is 50.5 Å². The van der Waals surface area contributed by atoms with Gasteiger partial charge in [-0.1, -0.05) is 158 Å². The molecule has 0 amide bonds. The maximum Gasteiger partial charge on any atom is 0.0649 e. The summed E-state index contributed by atoms with van der Waals surface area (Å²) in [6.45, 7) is 2.54. The minimum Gasteiger partial charge on any atom is -0.357 e. The molecule has 3 heterocycles. The summed E-state index contributed by atoms with van der Waals surface area (Å²) in [5.41, 5.74) is 15.9. The zero-order valence-corrected chi connectivity index (χ0v) is 35.3. The summed E-state index contributed by atoms with van der Waals surface area (Å²) in [6, 6.07) is 30.1. The van der Waals surface area contributed by atoms with Crippen LogP contribution in [-0.2, 0) is 0 Å². The quantitative estimate of drug-likeness (QED) is 0.196.